The van der Waals surface area contributed by atoms with Gasteiger partial charge in [-0.2, -0.15) is 5.10 Å². The summed E-state index contributed by atoms with van der Waals surface area (Å²) in [6, 6.07) is 9.95. The Bertz CT molecular complexity index is 577. The number of carbonyl (C=O) groups excluding carboxylic acids is 1. The summed E-state index contributed by atoms with van der Waals surface area (Å²) >= 11 is 0. The minimum absolute atomic E-state index is 0.137. The lowest BCUT2D eigenvalue weighted by atomic mass is 9.99. The lowest BCUT2D eigenvalue weighted by Gasteiger charge is -2.30. The first-order valence-electron chi connectivity index (χ1n) is 6.60. The number of carbonyl (C=O) groups is 1. The summed E-state index contributed by atoms with van der Waals surface area (Å²) < 4.78 is 1.71. The van der Waals surface area contributed by atoms with E-state index in [0.29, 0.717) is 6.54 Å². The van der Waals surface area contributed by atoms with Crippen LogP contribution in [0.2, 0.25) is 0 Å². The van der Waals surface area contributed by atoms with E-state index in [4.69, 9.17) is 0 Å². The van der Waals surface area contributed by atoms with E-state index in [2.05, 4.69) is 23.3 Å². The van der Waals surface area contributed by atoms with E-state index in [1.807, 2.05) is 30.2 Å². The Kier molecular flexibility index (Phi) is 3.07. The molecule has 1 amide bonds. The van der Waals surface area contributed by atoms with Crippen molar-refractivity contribution in [3.8, 4) is 0 Å². The van der Waals surface area contributed by atoms with E-state index in [-0.39, 0.29) is 11.9 Å². The van der Waals surface area contributed by atoms with E-state index in [1.165, 1.54) is 11.1 Å². The lowest BCUT2D eigenvalue weighted by Crippen LogP contribution is -2.39. The van der Waals surface area contributed by atoms with Crippen LogP contribution in [0.5, 0.6) is 0 Å². The van der Waals surface area contributed by atoms with Gasteiger partial charge in [0.1, 0.15) is 6.04 Å². The molecule has 2 aromatic rings. The minimum Gasteiger partial charge on any atom is -0.336 e. The maximum atomic E-state index is 12.5. The number of hydrogen-bond donors (Lipinski definition) is 0. The van der Waals surface area contributed by atoms with Crippen molar-refractivity contribution in [1.29, 1.82) is 0 Å². The number of amides is 1. The van der Waals surface area contributed by atoms with Crippen LogP contribution in [0.15, 0.2) is 42.7 Å². The van der Waals surface area contributed by atoms with Crippen LogP contribution in [-0.4, -0.2) is 27.1 Å². The first-order chi connectivity index (χ1) is 9.25. The van der Waals surface area contributed by atoms with Gasteiger partial charge in [-0.3, -0.25) is 9.48 Å². The Labute approximate surface area is 112 Å². The van der Waals surface area contributed by atoms with Gasteiger partial charge >= 0.3 is 0 Å². The Balaban J connectivity index is 1.76. The smallest absolute Gasteiger partial charge is 0.247 e. The maximum Gasteiger partial charge on any atom is 0.247 e. The first-order valence-corrected chi connectivity index (χ1v) is 6.60. The van der Waals surface area contributed by atoms with E-state index in [9.17, 15) is 4.79 Å². The van der Waals surface area contributed by atoms with Crippen molar-refractivity contribution in [3.63, 3.8) is 0 Å². The monoisotopic (exact) mass is 255 g/mol. The normalized spacial score (nSPS) is 15.9. The Morgan fingerprint density at radius 3 is 2.79 bits per heavy atom. The average Bonchev–Trinajstić information content (AvgIpc) is 2.99. The van der Waals surface area contributed by atoms with Crippen molar-refractivity contribution in [3.05, 3.63) is 53.9 Å². The van der Waals surface area contributed by atoms with Gasteiger partial charge in [0.15, 0.2) is 0 Å². The molecule has 98 valence electrons. The summed E-state index contributed by atoms with van der Waals surface area (Å²) in [6.45, 7) is 3.40. The van der Waals surface area contributed by atoms with E-state index >= 15 is 0 Å². The quantitative estimate of drug-likeness (QED) is 0.823. The predicted molar refractivity (Wildman–Crippen MR) is 72.5 cm³/mol. The molecule has 0 N–H and O–H groups in total. The Morgan fingerprint density at radius 1 is 1.26 bits per heavy atom. The molecule has 2 heterocycles. The van der Waals surface area contributed by atoms with Crippen molar-refractivity contribution in [2.75, 3.05) is 6.54 Å². The number of hydrogen-bond acceptors (Lipinski definition) is 2. The summed E-state index contributed by atoms with van der Waals surface area (Å²) in [5, 5.41) is 4.15. The highest BCUT2D eigenvalue weighted by molar-refractivity contribution is 5.80. The van der Waals surface area contributed by atoms with E-state index < -0.39 is 0 Å². The van der Waals surface area contributed by atoms with Gasteiger partial charge in [-0.15, -0.1) is 0 Å². The second kappa shape index (κ2) is 4.88. The number of fused-ring (bicyclic) bond motifs is 1. The van der Waals surface area contributed by atoms with Crippen LogP contribution < -0.4 is 0 Å². The van der Waals surface area contributed by atoms with E-state index in [0.717, 1.165) is 13.0 Å². The molecule has 1 unspecified atom stereocenters. The van der Waals surface area contributed by atoms with E-state index in [1.54, 1.807) is 10.9 Å². The number of benzene rings is 1. The molecule has 1 aliphatic heterocycles. The van der Waals surface area contributed by atoms with Crippen LogP contribution in [0, 0.1) is 0 Å². The standard InChI is InChI=1S/C15H17N3O/c1-12(18-9-4-8-16-18)15(19)17-10-7-13-5-2-3-6-14(13)11-17/h2-6,8-9,12H,7,10-11H2,1H3. The SMILES string of the molecule is CC(C(=O)N1CCc2ccccc2C1)n1cccn1. The molecule has 1 aromatic heterocycles. The van der Waals surface area contributed by atoms with Gasteiger partial charge in [-0.25, -0.2) is 0 Å². The van der Waals surface area contributed by atoms with Gasteiger partial charge in [0.25, 0.3) is 0 Å². The highest BCUT2D eigenvalue weighted by atomic mass is 16.2. The summed E-state index contributed by atoms with van der Waals surface area (Å²) in [5.41, 5.74) is 2.62. The Hall–Kier alpha value is -2.10. The van der Waals surface area contributed by atoms with Gasteiger partial charge in [0.2, 0.25) is 5.91 Å². The minimum atomic E-state index is -0.236. The van der Waals surface area contributed by atoms with Gasteiger partial charge in [-0.05, 0) is 30.5 Å². The first kappa shape index (κ1) is 12.0. The molecule has 0 saturated heterocycles. The molecular weight excluding hydrogens is 238 g/mol. The second-order valence-corrected chi connectivity index (χ2v) is 4.94. The maximum absolute atomic E-state index is 12.5. The summed E-state index contributed by atoms with van der Waals surface area (Å²) in [4.78, 5) is 14.4. The molecule has 19 heavy (non-hydrogen) atoms. The zero-order chi connectivity index (χ0) is 13.2. The molecule has 4 heteroatoms. The fourth-order valence-corrected chi connectivity index (χ4v) is 2.57. The molecule has 4 nitrogen and oxygen atoms in total. The fraction of sp³-hybridized carbons (Fsp3) is 0.333. The summed E-state index contributed by atoms with van der Waals surface area (Å²) in [5.74, 6) is 0.137. The molecule has 0 fully saturated rings. The highest BCUT2D eigenvalue weighted by Gasteiger charge is 2.25. The zero-order valence-electron chi connectivity index (χ0n) is 11.0. The molecule has 1 aliphatic rings. The van der Waals surface area contributed by atoms with Crippen molar-refractivity contribution >= 4 is 5.91 Å². The number of aromatic nitrogens is 2. The third-order valence-corrected chi connectivity index (χ3v) is 3.72. The zero-order valence-corrected chi connectivity index (χ0v) is 11.0. The van der Waals surface area contributed by atoms with Crippen molar-refractivity contribution in [2.24, 2.45) is 0 Å². The second-order valence-electron chi connectivity index (χ2n) is 4.94. The molecule has 3 rings (SSSR count). The topological polar surface area (TPSA) is 38.1 Å². The molecule has 1 aromatic carbocycles. The molecule has 0 bridgehead atoms. The van der Waals surface area contributed by atoms with Gasteiger partial charge < -0.3 is 4.90 Å². The molecular formula is C15H17N3O. The van der Waals surface area contributed by atoms with Crippen LogP contribution >= 0.6 is 0 Å². The van der Waals surface area contributed by atoms with Gasteiger partial charge in [-0.1, -0.05) is 24.3 Å². The summed E-state index contributed by atoms with van der Waals surface area (Å²) in [6.07, 6.45) is 4.48. The molecule has 1 atom stereocenters. The predicted octanol–water partition coefficient (Wildman–Crippen LogP) is 2.03. The third kappa shape index (κ3) is 2.26. The Morgan fingerprint density at radius 2 is 2.05 bits per heavy atom. The van der Waals surface area contributed by atoms with Crippen LogP contribution in [0.4, 0.5) is 0 Å². The third-order valence-electron chi connectivity index (χ3n) is 3.72. The lowest BCUT2D eigenvalue weighted by molar-refractivity contribution is -0.135. The largest absolute Gasteiger partial charge is 0.336 e. The molecule has 0 aliphatic carbocycles. The highest BCUT2D eigenvalue weighted by Crippen LogP contribution is 2.21. The number of nitrogens with zero attached hydrogens (tertiary/aromatic N) is 3. The van der Waals surface area contributed by atoms with Crippen LogP contribution in [0.1, 0.15) is 24.1 Å². The van der Waals surface area contributed by atoms with Gasteiger partial charge in [0.05, 0.1) is 0 Å². The molecule has 0 radical (unpaired) electrons. The molecule has 0 spiro atoms. The van der Waals surface area contributed by atoms with Crippen molar-refractivity contribution in [2.45, 2.75) is 25.9 Å². The van der Waals surface area contributed by atoms with Crippen molar-refractivity contribution < 1.29 is 4.79 Å². The van der Waals surface area contributed by atoms with Crippen LogP contribution in [0.25, 0.3) is 0 Å². The van der Waals surface area contributed by atoms with Crippen molar-refractivity contribution in [1.82, 2.24) is 14.7 Å². The average molecular weight is 255 g/mol. The van der Waals surface area contributed by atoms with Crippen LogP contribution in [0.3, 0.4) is 0 Å². The number of rotatable bonds is 2. The van der Waals surface area contributed by atoms with Gasteiger partial charge in [0, 0.05) is 25.5 Å². The fourth-order valence-electron chi connectivity index (χ4n) is 2.57. The molecule has 0 saturated carbocycles. The van der Waals surface area contributed by atoms with Crippen LogP contribution in [-0.2, 0) is 17.8 Å². The summed E-state index contributed by atoms with van der Waals surface area (Å²) in [7, 11) is 0.